The van der Waals surface area contributed by atoms with Gasteiger partial charge in [-0.05, 0) is 38.8 Å². The van der Waals surface area contributed by atoms with E-state index < -0.39 is 0 Å². The van der Waals surface area contributed by atoms with Crippen molar-refractivity contribution in [2.45, 2.75) is 45.1 Å². The van der Waals surface area contributed by atoms with Crippen molar-refractivity contribution in [3.8, 4) is 5.75 Å². The summed E-state index contributed by atoms with van der Waals surface area (Å²) in [6.07, 6.45) is 6.82. The van der Waals surface area contributed by atoms with Gasteiger partial charge < -0.3 is 10.1 Å². The molecule has 0 heterocycles. The van der Waals surface area contributed by atoms with Gasteiger partial charge >= 0.3 is 0 Å². The van der Waals surface area contributed by atoms with Crippen LogP contribution in [-0.2, 0) is 0 Å². The first-order chi connectivity index (χ1) is 8.76. The minimum absolute atomic E-state index is 0.431. The molecule has 1 aromatic rings. The molecule has 1 atom stereocenters. The molecule has 0 radical (unpaired) electrons. The summed E-state index contributed by atoms with van der Waals surface area (Å²) in [5, 5.41) is 3.51. The van der Waals surface area contributed by atoms with Gasteiger partial charge in [0.05, 0.1) is 7.11 Å². The number of ether oxygens (including phenoxy) is 1. The zero-order valence-corrected chi connectivity index (χ0v) is 11.8. The van der Waals surface area contributed by atoms with Crippen molar-refractivity contribution in [2.24, 2.45) is 5.92 Å². The summed E-state index contributed by atoms with van der Waals surface area (Å²) in [4.78, 5) is 0. The monoisotopic (exact) mass is 247 g/mol. The maximum atomic E-state index is 5.53. The Morgan fingerprint density at radius 2 is 1.94 bits per heavy atom. The summed E-state index contributed by atoms with van der Waals surface area (Å²) in [5.41, 5.74) is 2.63. The molecule has 1 fully saturated rings. The van der Waals surface area contributed by atoms with Gasteiger partial charge in [0, 0.05) is 11.6 Å². The van der Waals surface area contributed by atoms with E-state index in [9.17, 15) is 0 Å². The Hall–Kier alpha value is -1.02. The number of nitrogens with one attached hydrogen (secondary N) is 1. The summed E-state index contributed by atoms with van der Waals surface area (Å²) in [7, 11) is 3.84. The van der Waals surface area contributed by atoms with Crippen molar-refractivity contribution in [1.29, 1.82) is 0 Å². The molecule has 1 aliphatic carbocycles. The second-order valence-electron chi connectivity index (χ2n) is 5.41. The number of rotatable bonds is 4. The molecule has 2 heteroatoms. The highest BCUT2D eigenvalue weighted by atomic mass is 16.5. The van der Waals surface area contributed by atoms with Crippen molar-refractivity contribution in [2.75, 3.05) is 14.2 Å². The van der Waals surface area contributed by atoms with Crippen LogP contribution < -0.4 is 10.1 Å². The SMILES string of the molecule is CNC(c1cc(C)ccc1OC)C1CCCCC1. The van der Waals surface area contributed by atoms with E-state index in [-0.39, 0.29) is 0 Å². The van der Waals surface area contributed by atoms with E-state index in [0.717, 1.165) is 11.7 Å². The highest BCUT2D eigenvalue weighted by molar-refractivity contribution is 5.39. The molecule has 2 rings (SSSR count). The molecule has 18 heavy (non-hydrogen) atoms. The summed E-state index contributed by atoms with van der Waals surface area (Å²) in [5.74, 6) is 1.77. The summed E-state index contributed by atoms with van der Waals surface area (Å²) >= 11 is 0. The number of hydrogen-bond donors (Lipinski definition) is 1. The van der Waals surface area contributed by atoms with Gasteiger partial charge in [0.25, 0.3) is 0 Å². The van der Waals surface area contributed by atoms with Crippen molar-refractivity contribution in [3.05, 3.63) is 29.3 Å². The quantitative estimate of drug-likeness (QED) is 0.872. The van der Waals surface area contributed by atoms with Crippen LogP contribution in [0.1, 0.15) is 49.3 Å². The highest BCUT2D eigenvalue weighted by Gasteiger charge is 2.25. The molecule has 1 N–H and O–H groups in total. The molecule has 1 aromatic carbocycles. The van der Waals surface area contributed by atoms with E-state index in [0.29, 0.717) is 6.04 Å². The van der Waals surface area contributed by atoms with Gasteiger partial charge in [-0.2, -0.15) is 0 Å². The standard InChI is InChI=1S/C16H25NO/c1-12-9-10-15(18-3)14(11-12)16(17-2)13-7-5-4-6-8-13/h9-11,13,16-17H,4-8H2,1-3H3. The maximum Gasteiger partial charge on any atom is 0.123 e. The van der Waals surface area contributed by atoms with Crippen molar-refractivity contribution >= 4 is 0 Å². The van der Waals surface area contributed by atoms with Crippen LogP contribution in [0, 0.1) is 12.8 Å². The third kappa shape index (κ3) is 2.86. The topological polar surface area (TPSA) is 21.3 Å². The summed E-state index contributed by atoms with van der Waals surface area (Å²) < 4.78 is 5.53. The lowest BCUT2D eigenvalue weighted by molar-refractivity contribution is 0.275. The fraction of sp³-hybridized carbons (Fsp3) is 0.625. The zero-order valence-electron chi connectivity index (χ0n) is 11.8. The average molecular weight is 247 g/mol. The molecular weight excluding hydrogens is 222 g/mol. The van der Waals surface area contributed by atoms with Gasteiger partial charge in [-0.1, -0.05) is 37.0 Å². The predicted molar refractivity (Wildman–Crippen MR) is 76.1 cm³/mol. The predicted octanol–water partition coefficient (Wildman–Crippen LogP) is 3.84. The lowest BCUT2D eigenvalue weighted by atomic mass is 9.80. The molecule has 0 saturated heterocycles. The lowest BCUT2D eigenvalue weighted by Crippen LogP contribution is -2.27. The molecule has 1 unspecified atom stereocenters. The van der Waals surface area contributed by atoms with Crippen molar-refractivity contribution in [1.82, 2.24) is 5.32 Å². The normalized spacial score (nSPS) is 18.6. The number of benzene rings is 1. The minimum Gasteiger partial charge on any atom is -0.496 e. The lowest BCUT2D eigenvalue weighted by Gasteiger charge is -2.31. The second-order valence-corrected chi connectivity index (χ2v) is 5.41. The van der Waals surface area contributed by atoms with Gasteiger partial charge in [0.2, 0.25) is 0 Å². The molecule has 0 spiro atoms. The Labute approximate surface area is 111 Å². The van der Waals surface area contributed by atoms with Crippen LogP contribution in [0.4, 0.5) is 0 Å². The summed E-state index contributed by atoms with van der Waals surface area (Å²) in [6.45, 7) is 2.15. The minimum atomic E-state index is 0.431. The Morgan fingerprint density at radius 3 is 2.56 bits per heavy atom. The van der Waals surface area contributed by atoms with Crippen LogP contribution in [0.5, 0.6) is 5.75 Å². The maximum absolute atomic E-state index is 5.53. The second kappa shape index (κ2) is 6.24. The molecule has 1 saturated carbocycles. The van der Waals surface area contributed by atoms with Crippen LogP contribution in [0.25, 0.3) is 0 Å². The van der Waals surface area contributed by atoms with Crippen LogP contribution >= 0.6 is 0 Å². The Bertz CT molecular complexity index is 383. The van der Waals surface area contributed by atoms with E-state index in [2.05, 4.69) is 37.5 Å². The van der Waals surface area contributed by atoms with E-state index in [4.69, 9.17) is 4.74 Å². The van der Waals surface area contributed by atoms with E-state index in [1.165, 1.54) is 43.2 Å². The zero-order chi connectivity index (χ0) is 13.0. The first-order valence-corrected chi connectivity index (χ1v) is 7.08. The fourth-order valence-electron chi connectivity index (χ4n) is 3.21. The van der Waals surface area contributed by atoms with Crippen LogP contribution in [0.3, 0.4) is 0 Å². The number of aryl methyl sites for hydroxylation is 1. The largest absolute Gasteiger partial charge is 0.496 e. The Morgan fingerprint density at radius 1 is 1.22 bits per heavy atom. The molecule has 0 bridgehead atoms. The highest BCUT2D eigenvalue weighted by Crippen LogP contribution is 2.38. The van der Waals surface area contributed by atoms with Gasteiger partial charge in [-0.15, -0.1) is 0 Å². The molecule has 0 aliphatic heterocycles. The van der Waals surface area contributed by atoms with E-state index >= 15 is 0 Å². The molecule has 1 aliphatic rings. The van der Waals surface area contributed by atoms with Gasteiger partial charge in [0.1, 0.15) is 5.75 Å². The van der Waals surface area contributed by atoms with Gasteiger partial charge in [-0.3, -0.25) is 0 Å². The van der Waals surface area contributed by atoms with Crippen molar-refractivity contribution in [3.63, 3.8) is 0 Å². The average Bonchev–Trinajstić information content (AvgIpc) is 2.41. The first-order valence-electron chi connectivity index (χ1n) is 7.08. The molecular formula is C16H25NO. The number of hydrogen-bond acceptors (Lipinski definition) is 2. The van der Waals surface area contributed by atoms with Gasteiger partial charge in [-0.25, -0.2) is 0 Å². The summed E-state index contributed by atoms with van der Waals surface area (Å²) in [6, 6.07) is 6.92. The van der Waals surface area contributed by atoms with E-state index in [1.807, 2.05) is 0 Å². The third-order valence-electron chi connectivity index (χ3n) is 4.15. The van der Waals surface area contributed by atoms with Crippen LogP contribution in [0.2, 0.25) is 0 Å². The number of methoxy groups -OCH3 is 1. The Balaban J connectivity index is 2.27. The molecule has 100 valence electrons. The van der Waals surface area contributed by atoms with Gasteiger partial charge in [0.15, 0.2) is 0 Å². The third-order valence-corrected chi connectivity index (χ3v) is 4.15. The van der Waals surface area contributed by atoms with Crippen LogP contribution in [0.15, 0.2) is 18.2 Å². The first kappa shape index (κ1) is 13.4. The van der Waals surface area contributed by atoms with Crippen molar-refractivity contribution < 1.29 is 4.74 Å². The molecule has 0 aromatic heterocycles. The Kier molecular flexibility index (Phi) is 4.65. The smallest absolute Gasteiger partial charge is 0.123 e. The van der Waals surface area contributed by atoms with E-state index in [1.54, 1.807) is 7.11 Å². The molecule has 2 nitrogen and oxygen atoms in total. The molecule has 0 amide bonds. The fourth-order valence-corrected chi connectivity index (χ4v) is 3.21. The van der Waals surface area contributed by atoms with Crippen LogP contribution in [-0.4, -0.2) is 14.2 Å².